The van der Waals surface area contributed by atoms with Crippen LogP contribution in [0.4, 0.5) is 5.69 Å². The minimum Gasteiger partial charge on any atom is -0.454 e. The van der Waals surface area contributed by atoms with Crippen molar-refractivity contribution in [1.29, 1.82) is 0 Å². The number of anilines is 1. The summed E-state index contributed by atoms with van der Waals surface area (Å²) in [4.78, 5) is 2.19. The van der Waals surface area contributed by atoms with Crippen molar-refractivity contribution < 1.29 is 14.6 Å². The normalized spacial score (nSPS) is 12.8. The van der Waals surface area contributed by atoms with E-state index in [1.807, 2.05) is 18.2 Å². The predicted molar refractivity (Wildman–Crippen MR) is 66.8 cm³/mol. The second kappa shape index (κ2) is 5.77. The Morgan fingerprint density at radius 2 is 2.00 bits per heavy atom. The molecule has 0 aromatic heterocycles. The molecule has 0 saturated carbocycles. The van der Waals surface area contributed by atoms with Crippen LogP contribution in [-0.4, -0.2) is 32.1 Å². The van der Waals surface area contributed by atoms with Crippen LogP contribution in [0.25, 0.3) is 0 Å². The molecule has 0 radical (unpaired) electrons. The van der Waals surface area contributed by atoms with Gasteiger partial charge in [-0.3, -0.25) is 0 Å². The van der Waals surface area contributed by atoms with Crippen LogP contribution in [-0.2, 0) is 0 Å². The fourth-order valence-corrected chi connectivity index (χ4v) is 1.89. The van der Waals surface area contributed by atoms with Crippen LogP contribution in [0.2, 0.25) is 0 Å². The molecule has 0 spiro atoms. The van der Waals surface area contributed by atoms with E-state index in [2.05, 4.69) is 11.9 Å². The van der Waals surface area contributed by atoms with Gasteiger partial charge >= 0.3 is 0 Å². The van der Waals surface area contributed by atoms with Gasteiger partial charge in [-0.05, 0) is 31.4 Å². The highest BCUT2D eigenvalue weighted by Gasteiger charge is 2.14. The van der Waals surface area contributed by atoms with Crippen LogP contribution in [0.3, 0.4) is 0 Å². The number of hydrogen-bond acceptors (Lipinski definition) is 4. The zero-order chi connectivity index (χ0) is 12.1. The van der Waals surface area contributed by atoms with E-state index in [1.54, 1.807) is 0 Å². The summed E-state index contributed by atoms with van der Waals surface area (Å²) >= 11 is 0. The molecule has 0 fully saturated rings. The summed E-state index contributed by atoms with van der Waals surface area (Å²) in [6, 6.07) is 6.00. The van der Waals surface area contributed by atoms with E-state index in [0.29, 0.717) is 6.79 Å². The summed E-state index contributed by atoms with van der Waals surface area (Å²) in [6.07, 6.45) is 3.03. The summed E-state index contributed by atoms with van der Waals surface area (Å²) in [5.41, 5.74) is 1.14. The first kappa shape index (κ1) is 12.0. The lowest BCUT2D eigenvalue weighted by molar-refractivity contribution is 0.174. The van der Waals surface area contributed by atoms with Crippen molar-refractivity contribution in [1.82, 2.24) is 0 Å². The molecular formula is C13H19NO3. The molecule has 1 aromatic rings. The van der Waals surface area contributed by atoms with E-state index in [0.717, 1.165) is 43.0 Å². The first-order chi connectivity index (χ1) is 8.31. The maximum Gasteiger partial charge on any atom is 0.231 e. The second-order valence-electron chi connectivity index (χ2n) is 4.24. The lowest BCUT2D eigenvalue weighted by Gasteiger charge is -2.19. The Morgan fingerprint density at radius 3 is 2.82 bits per heavy atom. The second-order valence-corrected chi connectivity index (χ2v) is 4.24. The smallest absolute Gasteiger partial charge is 0.231 e. The van der Waals surface area contributed by atoms with Crippen LogP contribution in [0.5, 0.6) is 11.5 Å². The number of unbranched alkanes of at least 4 members (excludes halogenated alkanes) is 2. The average Bonchev–Trinajstić information content (AvgIpc) is 2.81. The summed E-state index contributed by atoms with van der Waals surface area (Å²) in [5, 5.41) is 8.71. The highest BCUT2D eigenvalue weighted by Crippen LogP contribution is 2.35. The summed E-state index contributed by atoms with van der Waals surface area (Å²) in [7, 11) is 2.07. The number of ether oxygens (including phenoxy) is 2. The first-order valence-electron chi connectivity index (χ1n) is 6.03. The van der Waals surface area contributed by atoms with E-state index in [-0.39, 0.29) is 6.61 Å². The topological polar surface area (TPSA) is 41.9 Å². The van der Waals surface area contributed by atoms with Crippen LogP contribution in [0.15, 0.2) is 18.2 Å². The minimum absolute atomic E-state index is 0.285. The molecule has 0 atom stereocenters. The van der Waals surface area contributed by atoms with Gasteiger partial charge in [0.05, 0.1) is 0 Å². The molecule has 0 aliphatic carbocycles. The fourth-order valence-electron chi connectivity index (χ4n) is 1.89. The number of rotatable bonds is 6. The van der Waals surface area contributed by atoms with Crippen molar-refractivity contribution in [2.45, 2.75) is 19.3 Å². The predicted octanol–water partition coefficient (Wildman–Crippen LogP) is 2.01. The molecule has 1 aromatic carbocycles. The Hall–Kier alpha value is -1.42. The average molecular weight is 237 g/mol. The molecule has 2 rings (SSSR count). The number of fused-ring (bicyclic) bond motifs is 1. The van der Waals surface area contributed by atoms with E-state index in [4.69, 9.17) is 14.6 Å². The van der Waals surface area contributed by atoms with Crippen LogP contribution in [0, 0.1) is 0 Å². The Bertz CT molecular complexity index is 368. The monoisotopic (exact) mass is 237 g/mol. The molecule has 1 heterocycles. The first-order valence-corrected chi connectivity index (χ1v) is 6.03. The molecule has 4 heteroatoms. The highest BCUT2D eigenvalue weighted by molar-refractivity contribution is 5.56. The van der Waals surface area contributed by atoms with E-state index in [9.17, 15) is 0 Å². The van der Waals surface area contributed by atoms with Gasteiger partial charge in [-0.15, -0.1) is 0 Å². The number of aliphatic hydroxyl groups excluding tert-OH is 1. The fraction of sp³-hybridized carbons (Fsp3) is 0.538. The van der Waals surface area contributed by atoms with Crippen LogP contribution >= 0.6 is 0 Å². The van der Waals surface area contributed by atoms with Gasteiger partial charge in [0, 0.05) is 32.0 Å². The molecule has 0 unspecified atom stereocenters. The number of nitrogens with zero attached hydrogens (tertiary/aromatic N) is 1. The van der Waals surface area contributed by atoms with Crippen molar-refractivity contribution in [3.05, 3.63) is 18.2 Å². The molecule has 17 heavy (non-hydrogen) atoms. The van der Waals surface area contributed by atoms with E-state index >= 15 is 0 Å². The maximum absolute atomic E-state index is 8.71. The van der Waals surface area contributed by atoms with E-state index in [1.165, 1.54) is 0 Å². The summed E-state index contributed by atoms with van der Waals surface area (Å²) in [5.74, 6) is 1.65. The minimum atomic E-state index is 0.285. The van der Waals surface area contributed by atoms with Gasteiger partial charge < -0.3 is 19.5 Å². The Labute approximate surface area is 102 Å². The third-order valence-electron chi connectivity index (χ3n) is 2.95. The Kier molecular flexibility index (Phi) is 4.09. The number of aliphatic hydroxyl groups is 1. The quantitative estimate of drug-likeness (QED) is 0.768. The Balaban J connectivity index is 1.88. The largest absolute Gasteiger partial charge is 0.454 e. The van der Waals surface area contributed by atoms with Gasteiger partial charge in [0.1, 0.15) is 0 Å². The van der Waals surface area contributed by atoms with Gasteiger partial charge in [-0.25, -0.2) is 0 Å². The van der Waals surface area contributed by atoms with Crippen molar-refractivity contribution in [2.24, 2.45) is 0 Å². The zero-order valence-electron chi connectivity index (χ0n) is 10.2. The number of benzene rings is 1. The molecule has 94 valence electrons. The SMILES string of the molecule is CN(CCCCCO)c1ccc2c(c1)OCO2. The molecule has 0 saturated heterocycles. The molecule has 1 N–H and O–H groups in total. The molecule has 0 bridgehead atoms. The van der Waals surface area contributed by atoms with Crippen LogP contribution in [0.1, 0.15) is 19.3 Å². The third-order valence-corrected chi connectivity index (χ3v) is 2.95. The van der Waals surface area contributed by atoms with Crippen molar-refractivity contribution in [2.75, 3.05) is 31.9 Å². The molecule has 1 aliphatic heterocycles. The standard InChI is InChI=1S/C13H19NO3/c1-14(7-3-2-4-8-15)11-5-6-12-13(9-11)17-10-16-12/h5-6,9,15H,2-4,7-8,10H2,1H3. The Morgan fingerprint density at radius 1 is 1.18 bits per heavy atom. The van der Waals surface area contributed by atoms with Gasteiger partial charge in [0.2, 0.25) is 6.79 Å². The molecule has 0 amide bonds. The van der Waals surface area contributed by atoms with Gasteiger partial charge in [-0.2, -0.15) is 0 Å². The molecular weight excluding hydrogens is 218 g/mol. The van der Waals surface area contributed by atoms with Gasteiger partial charge in [0.25, 0.3) is 0 Å². The number of hydrogen-bond donors (Lipinski definition) is 1. The highest BCUT2D eigenvalue weighted by atomic mass is 16.7. The third kappa shape index (κ3) is 3.03. The lowest BCUT2D eigenvalue weighted by atomic mass is 10.2. The van der Waals surface area contributed by atoms with Gasteiger partial charge in [0.15, 0.2) is 11.5 Å². The van der Waals surface area contributed by atoms with Crippen molar-refractivity contribution in [3.63, 3.8) is 0 Å². The maximum atomic E-state index is 8.71. The summed E-state index contributed by atoms with van der Waals surface area (Å²) in [6.45, 7) is 1.59. The zero-order valence-corrected chi connectivity index (χ0v) is 10.2. The van der Waals surface area contributed by atoms with E-state index < -0.39 is 0 Å². The molecule has 4 nitrogen and oxygen atoms in total. The van der Waals surface area contributed by atoms with Crippen LogP contribution < -0.4 is 14.4 Å². The van der Waals surface area contributed by atoms with Crippen molar-refractivity contribution >= 4 is 5.69 Å². The summed E-state index contributed by atoms with van der Waals surface area (Å²) < 4.78 is 10.6. The molecule has 1 aliphatic rings. The van der Waals surface area contributed by atoms with Gasteiger partial charge in [-0.1, -0.05) is 0 Å². The lowest BCUT2D eigenvalue weighted by Crippen LogP contribution is -2.18. The van der Waals surface area contributed by atoms with Crippen molar-refractivity contribution in [3.8, 4) is 11.5 Å².